The summed E-state index contributed by atoms with van der Waals surface area (Å²) in [6.45, 7) is 4.04. The van der Waals surface area contributed by atoms with Gasteiger partial charge in [0.15, 0.2) is 0 Å². The van der Waals surface area contributed by atoms with Crippen molar-refractivity contribution in [3.63, 3.8) is 0 Å². The summed E-state index contributed by atoms with van der Waals surface area (Å²) in [5, 5.41) is 8.64. The van der Waals surface area contributed by atoms with Crippen LogP contribution in [0.25, 0.3) is 0 Å². The Balaban J connectivity index is 2.12. The van der Waals surface area contributed by atoms with Gasteiger partial charge in [-0.25, -0.2) is 0 Å². The van der Waals surface area contributed by atoms with Crippen LogP contribution in [-0.2, 0) is 19.4 Å². The molecule has 1 aliphatic rings. The summed E-state index contributed by atoms with van der Waals surface area (Å²) < 4.78 is 2.32. The molecule has 1 unspecified atom stereocenters. The Bertz CT molecular complexity index is 328. The fourth-order valence-corrected chi connectivity index (χ4v) is 2.35. The quantitative estimate of drug-likeness (QED) is 0.840. The predicted octanol–water partition coefficient (Wildman–Crippen LogP) is 1.53. The minimum atomic E-state index is 0.552. The van der Waals surface area contributed by atoms with Crippen LogP contribution in [0.5, 0.6) is 0 Å². The number of nitrogens with zero attached hydrogens (tertiary/aromatic N) is 3. The van der Waals surface area contributed by atoms with E-state index in [2.05, 4.69) is 21.7 Å². The van der Waals surface area contributed by atoms with Crippen LogP contribution in [0, 0.1) is 5.92 Å². The van der Waals surface area contributed by atoms with Crippen LogP contribution in [0.15, 0.2) is 0 Å². The first-order valence-corrected chi connectivity index (χ1v) is 6.46. The van der Waals surface area contributed by atoms with E-state index in [1.54, 1.807) is 0 Å². The van der Waals surface area contributed by atoms with Crippen LogP contribution in [0.1, 0.15) is 44.3 Å². The zero-order chi connectivity index (χ0) is 11.4. The molecule has 2 rings (SSSR count). The van der Waals surface area contributed by atoms with Crippen molar-refractivity contribution in [1.82, 2.24) is 14.8 Å². The first-order valence-electron chi connectivity index (χ1n) is 6.46. The van der Waals surface area contributed by atoms with Gasteiger partial charge in [-0.15, -0.1) is 10.2 Å². The SMILES string of the molecule is CCC(CN)Cc1nnc2n1CCCCC2. The molecule has 2 heterocycles. The number of rotatable bonds is 4. The van der Waals surface area contributed by atoms with Crippen molar-refractivity contribution in [2.45, 2.75) is 52.0 Å². The van der Waals surface area contributed by atoms with Gasteiger partial charge in [0.25, 0.3) is 0 Å². The Labute approximate surface area is 97.2 Å². The van der Waals surface area contributed by atoms with Gasteiger partial charge >= 0.3 is 0 Å². The average Bonchev–Trinajstić information content (AvgIpc) is 2.54. The van der Waals surface area contributed by atoms with E-state index in [1.807, 2.05) is 0 Å². The highest BCUT2D eigenvalue weighted by Crippen LogP contribution is 2.17. The molecule has 4 heteroatoms. The fraction of sp³-hybridized carbons (Fsp3) is 0.833. The van der Waals surface area contributed by atoms with Gasteiger partial charge in [0.05, 0.1) is 0 Å². The monoisotopic (exact) mass is 222 g/mol. The summed E-state index contributed by atoms with van der Waals surface area (Å²) in [5.74, 6) is 2.88. The maximum atomic E-state index is 5.75. The summed E-state index contributed by atoms with van der Waals surface area (Å²) in [7, 11) is 0. The smallest absolute Gasteiger partial charge is 0.133 e. The fourth-order valence-electron chi connectivity index (χ4n) is 2.35. The van der Waals surface area contributed by atoms with Crippen molar-refractivity contribution in [1.29, 1.82) is 0 Å². The van der Waals surface area contributed by atoms with Crippen molar-refractivity contribution in [3.05, 3.63) is 11.6 Å². The zero-order valence-corrected chi connectivity index (χ0v) is 10.2. The first kappa shape index (κ1) is 11.6. The van der Waals surface area contributed by atoms with Crippen molar-refractivity contribution in [2.75, 3.05) is 6.54 Å². The summed E-state index contributed by atoms with van der Waals surface area (Å²) in [6, 6.07) is 0. The van der Waals surface area contributed by atoms with Gasteiger partial charge in [-0.05, 0) is 25.3 Å². The van der Waals surface area contributed by atoms with E-state index in [9.17, 15) is 0 Å². The number of aryl methyl sites for hydroxylation is 1. The molecule has 1 aromatic heterocycles. The molecule has 90 valence electrons. The third kappa shape index (κ3) is 2.43. The molecule has 0 aliphatic carbocycles. The number of fused-ring (bicyclic) bond motifs is 1. The lowest BCUT2D eigenvalue weighted by atomic mass is 10.0. The molecule has 4 nitrogen and oxygen atoms in total. The molecule has 1 aliphatic heterocycles. The minimum Gasteiger partial charge on any atom is -0.330 e. The molecule has 1 atom stereocenters. The lowest BCUT2D eigenvalue weighted by molar-refractivity contribution is 0.484. The highest BCUT2D eigenvalue weighted by atomic mass is 15.3. The lowest BCUT2D eigenvalue weighted by Gasteiger charge is -2.12. The second-order valence-electron chi connectivity index (χ2n) is 4.71. The maximum absolute atomic E-state index is 5.75. The second-order valence-corrected chi connectivity index (χ2v) is 4.71. The standard InChI is InChI=1S/C12H22N4/c1-2-10(9-13)8-12-15-14-11-6-4-3-5-7-16(11)12/h10H,2-9,13H2,1H3. The number of hydrogen-bond donors (Lipinski definition) is 1. The van der Waals surface area contributed by atoms with E-state index in [4.69, 9.17) is 5.73 Å². The van der Waals surface area contributed by atoms with Crippen molar-refractivity contribution < 1.29 is 0 Å². The highest BCUT2D eigenvalue weighted by molar-refractivity contribution is 4.99. The van der Waals surface area contributed by atoms with Gasteiger partial charge in [0.1, 0.15) is 11.6 Å². The molecule has 2 N–H and O–H groups in total. The van der Waals surface area contributed by atoms with E-state index < -0.39 is 0 Å². The Hall–Kier alpha value is -0.900. The highest BCUT2D eigenvalue weighted by Gasteiger charge is 2.16. The van der Waals surface area contributed by atoms with Crippen LogP contribution < -0.4 is 5.73 Å². The van der Waals surface area contributed by atoms with Crippen molar-refractivity contribution >= 4 is 0 Å². The minimum absolute atomic E-state index is 0.552. The Morgan fingerprint density at radius 2 is 2.19 bits per heavy atom. The van der Waals surface area contributed by atoms with E-state index in [-0.39, 0.29) is 0 Å². The molecule has 1 aromatic rings. The van der Waals surface area contributed by atoms with E-state index >= 15 is 0 Å². The molecule has 0 aromatic carbocycles. The third-order valence-electron chi connectivity index (χ3n) is 3.57. The lowest BCUT2D eigenvalue weighted by Crippen LogP contribution is -2.18. The van der Waals surface area contributed by atoms with E-state index in [0.29, 0.717) is 5.92 Å². The Kier molecular flexibility index (Phi) is 3.93. The molecule has 0 spiro atoms. The van der Waals surface area contributed by atoms with Gasteiger partial charge in [0, 0.05) is 19.4 Å². The molecular formula is C12H22N4. The van der Waals surface area contributed by atoms with Gasteiger partial charge in [-0.1, -0.05) is 19.8 Å². The average molecular weight is 222 g/mol. The van der Waals surface area contributed by atoms with Gasteiger partial charge in [-0.3, -0.25) is 0 Å². The van der Waals surface area contributed by atoms with Gasteiger partial charge in [0.2, 0.25) is 0 Å². The normalized spacial score (nSPS) is 17.9. The predicted molar refractivity (Wildman–Crippen MR) is 64.1 cm³/mol. The van der Waals surface area contributed by atoms with Crippen LogP contribution in [0.3, 0.4) is 0 Å². The van der Waals surface area contributed by atoms with Crippen LogP contribution in [0.2, 0.25) is 0 Å². The van der Waals surface area contributed by atoms with E-state index in [1.165, 1.54) is 25.1 Å². The summed E-state index contributed by atoms with van der Waals surface area (Å²) >= 11 is 0. The molecule has 0 saturated carbocycles. The number of aromatic nitrogens is 3. The first-order chi connectivity index (χ1) is 7.85. The van der Waals surface area contributed by atoms with Crippen LogP contribution in [-0.4, -0.2) is 21.3 Å². The topological polar surface area (TPSA) is 56.7 Å². The van der Waals surface area contributed by atoms with E-state index in [0.717, 1.165) is 38.2 Å². The van der Waals surface area contributed by atoms with Gasteiger partial charge in [-0.2, -0.15) is 0 Å². The summed E-state index contributed by atoms with van der Waals surface area (Å²) in [5.41, 5.74) is 5.75. The summed E-state index contributed by atoms with van der Waals surface area (Å²) in [6.07, 6.45) is 7.03. The van der Waals surface area contributed by atoms with Crippen LogP contribution in [0.4, 0.5) is 0 Å². The Morgan fingerprint density at radius 3 is 2.94 bits per heavy atom. The van der Waals surface area contributed by atoms with Gasteiger partial charge < -0.3 is 10.3 Å². The maximum Gasteiger partial charge on any atom is 0.133 e. The molecule has 0 saturated heterocycles. The zero-order valence-electron chi connectivity index (χ0n) is 10.2. The molecule has 0 radical (unpaired) electrons. The third-order valence-corrected chi connectivity index (χ3v) is 3.57. The van der Waals surface area contributed by atoms with Crippen molar-refractivity contribution in [3.8, 4) is 0 Å². The molecule has 0 bridgehead atoms. The summed E-state index contributed by atoms with van der Waals surface area (Å²) in [4.78, 5) is 0. The molecule has 0 fully saturated rings. The largest absolute Gasteiger partial charge is 0.330 e. The molecule has 16 heavy (non-hydrogen) atoms. The van der Waals surface area contributed by atoms with Crippen molar-refractivity contribution in [2.24, 2.45) is 11.7 Å². The number of hydrogen-bond acceptors (Lipinski definition) is 3. The molecular weight excluding hydrogens is 200 g/mol. The molecule has 0 amide bonds. The Morgan fingerprint density at radius 1 is 1.31 bits per heavy atom. The second kappa shape index (κ2) is 5.43. The number of nitrogens with two attached hydrogens (primary N) is 1. The van der Waals surface area contributed by atoms with Crippen LogP contribution >= 0.6 is 0 Å².